The number of ether oxygens (including phenoxy) is 1. The first-order valence-corrected chi connectivity index (χ1v) is 9.60. The summed E-state index contributed by atoms with van der Waals surface area (Å²) in [4.78, 5) is 37.1. The minimum absolute atomic E-state index is 0.141. The van der Waals surface area contributed by atoms with Crippen LogP contribution in [-0.2, 0) is 4.79 Å². The molecule has 0 N–H and O–H groups in total. The van der Waals surface area contributed by atoms with Crippen molar-refractivity contribution >= 4 is 11.8 Å². The zero-order chi connectivity index (χ0) is 21.0. The van der Waals surface area contributed by atoms with Gasteiger partial charge in [-0.1, -0.05) is 0 Å². The van der Waals surface area contributed by atoms with Crippen LogP contribution < -0.4 is 4.74 Å². The molecule has 2 heterocycles. The molecular weight excluding hydrogens is 375 g/mol. The van der Waals surface area contributed by atoms with Crippen LogP contribution in [0, 0.1) is 12.7 Å². The number of likely N-dealkylation sites (tertiary alicyclic amines) is 1. The van der Waals surface area contributed by atoms with Gasteiger partial charge in [0.15, 0.2) is 12.4 Å². The Labute approximate surface area is 169 Å². The van der Waals surface area contributed by atoms with Gasteiger partial charge in [-0.05, 0) is 50.5 Å². The van der Waals surface area contributed by atoms with Gasteiger partial charge in [0.25, 0.3) is 11.8 Å². The Balaban J connectivity index is 1.73. The topological polar surface area (TPSA) is 75.6 Å². The summed E-state index contributed by atoms with van der Waals surface area (Å²) in [6.45, 7) is 2.23. The number of aryl methyl sites for hydroxylation is 1. The number of aromatic nitrogens is 2. The quantitative estimate of drug-likeness (QED) is 0.771. The number of hydrogen-bond acceptors (Lipinski definition) is 5. The average molecular weight is 400 g/mol. The Hall–Kier alpha value is -3.03. The standard InChI is InChI=1S/C21H25FN4O3/c1-14-17(21(28)25(2)3)12-23-20(24-14)18-6-4-5-11-26(18)19(27)13-29-16-9-7-15(22)8-10-16/h7-10,12,18H,4-6,11,13H2,1-3H3/t18-/m1/s1. The molecule has 3 rings (SSSR count). The Bertz CT molecular complexity index is 886. The fourth-order valence-electron chi connectivity index (χ4n) is 3.35. The smallest absolute Gasteiger partial charge is 0.261 e. The first kappa shape index (κ1) is 20.7. The van der Waals surface area contributed by atoms with Crippen LogP contribution in [0.5, 0.6) is 5.75 Å². The molecule has 2 aromatic rings. The van der Waals surface area contributed by atoms with Gasteiger partial charge in [0, 0.05) is 26.8 Å². The van der Waals surface area contributed by atoms with Crippen LogP contribution in [0.15, 0.2) is 30.5 Å². The lowest BCUT2D eigenvalue weighted by Gasteiger charge is -2.34. The van der Waals surface area contributed by atoms with Gasteiger partial charge in [-0.15, -0.1) is 0 Å². The molecular formula is C21H25FN4O3. The molecule has 0 aliphatic carbocycles. The Morgan fingerprint density at radius 3 is 2.62 bits per heavy atom. The number of halogens is 1. The highest BCUT2D eigenvalue weighted by molar-refractivity contribution is 5.94. The summed E-state index contributed by atoms with van der Waals surface area (Å²) in [6.07, 6.45) is 4.15. The molecule has 8 heteroatoms. The van der Waals surface area contributed by atoms with Crippen molar-refractivity contribution in [1.29, 1.82) is 0 Å². The molecule has 1 aromatic carbocycles. The summed E-state index contributed by atoms with van der Waals surface area (Å²) >= 11 is 0. The predicted molar refractivity (Wildman–Crippen MR) is 105 cm³/mol. The molecule has 0 spiro atoms. The van der Waals surface area contributed by atoms with Gasteiger partial charge in [-0.3, -0.25) is 9.59 Å². The highest BCUT2D eigenvalue weighted by Crippen LogP contribution is 2.29. The second-order valence-electron chi connectivity index (χ2n) is 7.27. The molecule has 7 nitrogen and oxygen atoms in total. The van der Waals surface area contributed by atoms with E-state index < -0.39 is 0 Å². The van der Waals surface area contributed by atoms with Crippen LogP contribution in [0.2, 0.25) is 0 Å². The summed E-state index contributed by atoms with van der Waals surface area (Å²) in [5.74, 6) is 0.287. The van der Waals surface area contributed by atoms with Gasteiger partial charge >= 0.3 is 0 Å². The molecule has 1 saturated heterocycles. The summed E-state index contributed by atoms with van der Waals surface area (Å²) in [6, 6.07) is 5.30. The number of hydrogen-bond donors (Lipinski definition) is 0. The second kappa shape index (κ2) is 8.98. The molecule has 154 valence electrons. The first-order chi connectivity index (χ1) is 13.9. The van der Waals surface area contributed by atoms with E-state index in [9.17, 15) is 14.0 Å². The van der Waals surface area contributed by atoms with Gasteiger partial charge in [-0.2, -0.15) is 0 Å². The fourth-order valence-corrected chi connectivity index (χ4v) is 3.35. The third-order valence-corrected chi connectivity index (χ3v) is 4.93. The number of rotatable bonds is 5. The molecule has 0 bridgehead atoms. The van der Waals surface area contributed by atoms with Crippen molar-refractivity contribution < 1.29 is 18.7 Å². The maximum absolute atomic E-state index is 13.0. The number of benzene rings is 1. The Morgan fingerprint density at radius 1 is 1.24 bits per heavy atom. The minimum atomic E-state index is -0.358. The SMILES string of the molecule is Cc1nc([C@H]2CCCCN2C(=O)COc2ccc(F)cc2)ncc1C(=O)N(C)C. The van der Waals surface area contributed by atoms with E-state index in [1.807, 2.05) is 0 Å². The molecule has 1 aromatic heterocycles. The molecule has 1 aliphatic heterocycles. The first-order valence-electron chi connectivity index (χ1n) is 9.60. The van der Waals surface area contributed by atoms with Crippen molar-refractivity contribution in [2.75, 3.05) is 27.2 Å². The monoisotopic (exact) mass is 400 g/mol. The normalized spacial score (nSPS) is 16.4. The summed E-state index contributed by atoms with van der Waals surface area (Å²) in [7, 11) is 3.36. The molecule has 1 aliphatic rings. The third kappa shape index (κ3) is 4.88. The highest BCUT2D eigenvalue weighted by Gasteiger charge is 2.30. The van der Waals surface area contributed by atoms with Gasteiger partial charge in [0.1, 0.15) is 11.6 Å². The lowest BCUT2D eigenvalue weighted by atomic mass is 10.0. The lowest BCUT2D eigenvalue weighted by Crippen LogP contribution is -2.42. The molecule has 1 fully saturated rings. The average Bonchev–Trinajstić information content (AvgIpc) is 2.72. The van der Waals surface area contributed by atoms with Crippen molar-refractivity contribution in [2.24, 2.45) is 0 Å². The molecule has 2 amide bonds. The molecule has 0 radical (unpaired) electrons. The number of amides is 2. The molecule has 0 saturated carbocycles. The maximum Gasteiger partial charge on any atom is 0.261 e. The van der Waals surface area contributed by atoms with Crippen LogP contribution in [-0.4, -0.2) is 58.8 Å². The zero-order valence-electron chi connectivity index (χ0n) is 16.9. The van der Waals surface area contributed by atoms with Crippen molar-refractivity contribution in [3.05, 3.63) is 53.4 Å². The van der Waals surface area contributed by atoms with E-state index in [2.05, 4.69) is 9.97 Å². The van der Waals surface area contributed by atoms with Crippen molar-refractivity contribution in [3.8, 4) is 5.75 Å². The predicted octanol–water partition coefficient (Wildman–Crippen LogP) is 2.76. The van der Waals surface area contributed by atoms with E-state index in [1.54, 1.807) is 25.9 Å². The third-order valence-electron chi connectivity index (χ3n) is 4.93. The number of nitrogens with zero attached hydrogens (tertiary/aromatic N) is 4. The Morgan fingerprint density at radius 2 is 1.97 bits per heavy atom. The number of piperidine rings is 1. The molecule has 29 heavy (non-hydrogen) atoms. The van der Waals surface area contributed by atoms with Crippen molar-refractivity contribution in [3.63, 3.8) is 0 Å². The minimum Gasteiger partial charge on any atom is -0.484 e. The number of carbonyl (C=O) groups excluding carboxylic acids is 2. The van der Waals surface area contributed by atoms with Crippen LogP contribution in [0.4, 0.5) is 4.39 Å². The van der Waals surface area contributed by atoms with Gasteiger partial charge < -0.3 is 14.5 Å². The van der Waals surface area contributed by atoms with E-state index in [1.165, 1.54) is 35.4 Å². The van der Waals surface area contributed by atoms with Crippen molar-refractivity contribution in [1.82, 2.24) is 19.8 Å². The molecule has 0 unspecified atom stereocenters. The molecule has 1 atom stereocenters. The summed E-state index contributed by atoms with van der Waals surface area (Å²) in [5, 5.41) is 0. The summed E-state index contributed by atoms with van der Waals surface area (Å²) in [5.41, 5.74) is 1.04. The van der Waals surface area contributed by atoms with E-state index in [4.69, 9.17) is 4.74 Å². The largest absolute Gasteiger partial charge is 0.484 e. The van der Waals surface area contributed by atoms with E-state index in [0.717, 1.165) is 19.3 Å². The Kier molecular flexibility index (Phi) is 6.41. The number of carbonyl (C=O) groups is 2. The van der Waals surface area contributed by atoms with Gasteiger partial charge in [0.05, 0.1) is 17.3 Å². The van der Waals surface area contributed by atoms with E-state index in [-0.39, 0.29) is 30.3 Å². The van der Waals surface area contributed by atoms with Crippen LogP contribution in [0.3, 0.4) is 0 Å². The maximum atomic E-state index is 13.0. The fraction of sp³-hybridized carbons (Fsp3) is 0.429. The lowest BCUT2D eigenvalue weighted by molar-refractivity contribution is -0.137. The van der Waals surface area contributed by atoms with Gasteiger partial charge in [0.2, 0.25) is 0 Å². The van der Waals surface area contributed by atoms with Crippen LogP contribution in [0.1, 0.15) is 47.2 Å². The van der Waals surface area contributed by atoms with E-state index >= 15 is 0 Å². The van der Waals surface area contributed by atoms with Gasteiger partial charge in [-0.25, -0.2) is 14.4 Å². The van der Waals surface area contributed by atoms with Crippen LogP contribution in [0.25, 0.3) is 0 Å². The van der Waals surface area contributed by atoms with Crippen LogP contribution >= 0.6 is 0 Å². The van der Waals surface area contributed by atoms with Crippen molar-refractivity contribution in [2.45, 2.75) is 32.2 Å². The zero-order valence-corrected chi connectivity index (χ0v) is 16.9. The van der Waals surface area contributed by atoms with E-state index in [0.29, 0.717) is 29.4 Å². The summed E-state index contributed by atoms with van der Waals surface area (Å²) < 4.78 is 18.5. The highest BCUT2D eigenvalue weighted by atomic mass is 19.1. The second-order valence-corrected chi connectivity index (χ2v) is 7.27.